The van der Waals surface area contributed by atoms with Crippen LogP contribution in [0.2, 0.25) is 0 Å². The van der Waals surface area contributed by atoms with E-state index in [1.807, 2.05) is 26.8 Å². The molecule has 2 aromatic heterocycles. The largest absolute Gasteiger partial charge is 0.381 e. The van der Waals surface area contributed by atoms with E-state index in [0.29, 0.717) is 24.8 Å². The van der Waals surface area contributed by atoms with E-state index < -0.39 is 0 Å². The third-order valence-corrected chi connectivity index (χ3v) is 5.83. The van der Waals surface area contributed by atoms with E-state index in [1.54, 1.807) is 0 Å². The van der Waals surface area contributed by atoms with Crippen LogP contribution in [0.3, 0.4) is 0 Å². The van der Waals surface area contributed by atoms with Crippen molar-refractivity contribution in [2.45, 2.75) is 58.9 Å². The highest BCUT2D eigenvalue weighted by Gasteiger charge is 2.34. The summed E-state index contributed by atoms with van der Waals surface area (Å²) in [6.45, 7) is 7.90. The topological polar surface area (TPSA) is 81.4 Å². The van der Waals surface area contributed by atoms with Crippen LogP contribution in [-0.4, -0.2) is 45.7 Å². The molecule has 0 bridgehead atoms. The summed E-state index contributed by atoms with van der Waals surface area (Å²) in [6, 6.07) is 2.02. The van der Waals surface area contributed by atoms with Gasteiger partial charge in [-0.2, -0.15) is 0 Å². The van der Waals surface area contributed by atoms with Gasteiger partial charge in [-0.15, -0.1) is 0 Å². The van der Waals surface area contributed by atoms with Crippen LogP contribution in [0.4, 0.5) is 0 Å². The van der Waals surface area contributed by atoms with Gasteiger partial charge >= 0.3 is 0 Å². The number of amides is 1. The lowest BCUT2D eigenvalue weighted by Gasteiger charge is -2.38. The lowest BCUT2D eigenvalue weighted by Crippen LogP contribution is -2.43. The molecule has 150 valence electrons. The summed E-state index contributed by atoms with van der Waals surface area (Å²) < 4.78 is 10.7. The summed E-state index contributed by atoms with van der Waals surface area (Å²) in [5, 5.41) is 4.04. The molecule has 7 heteroatoms. The van der Waals surface area contributed by atoms with Crippen molar-refractivity contribution in [3.8, 4) is 11.4 Å². The molecule has 7 nitrogen and oxygen atoms in total. The molecule has 2 aromatic rings. The maximum absolute atomic E-state index is 13.2. The van der Waals surface area contributed by atoms with Crippen molar-refractivity contribution in [3.63, 3.8) is 0 Å². The zero-order valence-electron chi connectivity index (χ0n) is 16.9. The van der Waals surface area contributed by atoms with E-state index in [9.17, 15) is 4.79 Å². The predicted molar refractivity (Wildman–Crippen MR) is 104 cm³/mol. The number of carbonyl (C=O) groups is 1. The van der Waals surface area contributed by atoms with Crippen molar-refractivity contribution in [3.05, 3.63) is 28.9 Å². The molecule has 1 amide bonds. The standard InChI is InChI=1S/C21H28N4O3/c1-13-12-17(23-20(22-13)19-14(2)24-28-15(19)3)18-6-4-5-9-25(18)21(26)16-7-10-27-11-8-16/h12,16,18H,4-11H2,1-3H3/t18-/m1/s1. The van der Waals surface area contributed by atoms with Crippen LogP contribution in [0, 0.1) is 26.7 Å². The van der Waals surface area contributed by atoms with E-state index in [2.05, 4.69) is 15.0 Å². The highest BCUT2D eigenvalue weighted by atomic mass is 16.5. The van der Waals surface area contributed by atoms with E-state index in [1.165, 1.54) is 0 Å². The summed E-state index contributed by atoms with van der Waals surface area (Å²) in [4.78, 5) is 24.8. The smallest absolute Gasteiger partial charge is 0.226 e. The molecular formula is C21H28N4O3. The van der Waals surface area contributed by atoms with Crippen LogP contribution in [0.5, 0.6) is 0 Å². The highest BCUT2D eigenvalue weighted by Crippen LogP contribution is 2.34. The van der Waals surface area contributed by atoms with Gasteiger partial charge in [0, 0.05) is 31.4 Å². The minimum absolute atomic E-state index is 0.00465. The Bertz CT molecular complexity index is 838. The van der Waals surface area contributed by atoms with Crippen molar-refractivity contribution >= 4 is 5.91 Å². The predicted octanol–water partition coefficient (Wildman–Crippen LogP) is 3.54. The average molecular weight is 384 g/mol. The molecule has 4 rings (SSSR count). The summed E-state index contributed by atoms with van der Waals surface area (Å²) >= 11 is 0. The van der Waals surface area contributed by atoms with Gasteiger partial charge in [-0.25, -0.2) is 9.97 Å². The Balaban J connectivity index is 1.67. The van der Waals surface area contributed by atoms with Gasteiger partial charge in [-0.3, -0.25) is 4.79 Å². The van der Waals surface area contributed by atoms with Crippen molar-refractivity contribution in [1.29, 1.82) is 0 Å². The van der Waals surface area contributed by atoms with Crippen molar-refractivity contribution in [2.75, 3.05) is 19.8 Å². The first-order valence-corrected chi connectivity index (χ1v) is 10.2. The first kappa shape index (κ1) is 19.1. The molecular weight excluding hydrogens is 356 g/mol. The Hall–Kier alpha value is -2.28. The molecule has 2 fully saturated rings. The second kappa shape index (κ2) is 7.99. The van der Waals surface area contributed by atoms with E-state index in [0.717, 1.165) is 61.3 Å². The van der Waals surface area contributed by atoms with Gasteiger partial charge in [0.2, 0.25) is 5.91 Å². The summed E-state index contributed by atoms with van der Waals surface area (Å²) in [6.07, 6.45) is 4.72. The van der Waals surface area contributed by atoms with Crippen LogP contribution >= 0.6 is 0 Å². The monoisotopic (exact) mass is 384 g/mol. The number of likely N-dealkylation sites (tertiary alicyclic amines) is 1. The minimum atomic E-state index is 0.00465. The van der Waals surface area contributed by atoms with Crippen LogP contribution in [0.1, 0.15) is 61.0 Å². The fourth-order valence-electron chi connectivity index (χ4n) is 4.36. The Morgan fingerprint density at radius 2 is 1.89 bits per heavy atom. The van der Waals surface area contributed by atoms with Crippen LogP contribution in [0.25, 0.3) is 11.4 Å². The first-order chi connectivity index (χ1) is 13.5. The minimum Gasteiger partial charge on any atom is -0.381 e. The lowest BCUT2D eigenvalue weighted by molar-refractivity contribution is -0.142. The van der Waals surface area contributed by atoms with Gasteiger partial charge in [0.15, 0.2) is 5.82 Å². The van der Waals surface area contributed by atoms with E-state index in [4.69, 9.17) is 14.2 Å². The highest BCUT2D eigenvalue weighted by molar-refractivity contribution is 5.79. The molecule has 28 heavy (non-hydrogen) atoms. The van der Waals surface area contributed by atoms with Crippen molar-refractivity contribution in [2.24, 2.45) is 5.92 Å². The molecule has 0 aliphatic carbocycles. The zero-order chi connectivity index (χ0) is 19.7. The first-order valence-electron chi connectivity index (χ1n) is 10.2. The molecule has 2 aliphatic rings. The summed E-state index contributed by atoms with van der Waals surface area (Å²) in [5.41, 5.74) is 3.45. The molecule has 0 spiro atoms. The molecule has 0 unspecified atom stereocenters. The summed E-state index contributed by atoms with van der Waals surface area (Å²) in [5.74, 6) is 1.67. The van der Waals surface area contributed by atoms with Gasteiger partial charge in [-0.1, -0.05) is 5.16 Å². The Morgan fingerprint density at radius 3 is 2.61 bits per heavy atom. The number of aromatic nitrogens is 3. The molecule has 0 aromatic carbocycles. The van der Waals surface area contributed by atoms with Crippen LogP contribution in [0.15, 0.2) is 10.6 Å². The number of ether oxygens (including phenoxy) is 1. The second-order valence-electron chi connectivity index (χ2n) is 7.89. The second-order valence-corrected chi connectivity index (χ2v) is 7.89. The molecule has 0 radical (unpaired) electrons. The zero-order valence-corrected chi connectivity index (χ0v) is 16.9. The van der Waals surface area contributed by atoms with Crippen LogP contribution < -0.4 is 0 Å². The fourth-order valence-corrected chi connectivity index (χ4v) is 4.36. The Morgan fingerprint density at radius 1 is 1.11 bits per heavy atom. The Labute approximate surface area is 165 Å². The maximum atomic E-state index is 13.2. The number of aryl methyl sites for hydroxylation is 3. The molecule has 2 aliphatic heterocycles. The summed E-state index contributed by atoms with van der Waals surface area (Å²) in [7, 11) is 0. The maximum Gasteiger partial charge on any atom is 0.226 e. The van der Waals surface area contributed by atoms with Gasteiger partial charge in [0.25, 0.3) is 0 Å². The van der Waals surface area contributed by atoms with Gasteiger partial charge in [0.05, 0.1) is 23.0 Å². The number of nitrogens with zero attached hydrogens (tertiary/aromatic N) is 4. The molecule has 1 atom stereocenters. The third kappa shape index (κ3) is 3.68. The van der Waals surface area contributed by atoms with E-state index in [-0.39, 0.29) is 17.9 Å². The quantitative estimate of drug-likeness (QED) is 0.805. The normalized spacial score (nSPS) is 21.1. The number of rotatable bonds is 3. The number of carbonyl (C=O) groups excluding carboxylic acids is 1. The van der Waals surface area contributed by atoms with Gasteiger partial charge in [0.1, 0.15) is 5.76 Å². The Kier molecular flexibility index (Phi) is 5.44. The SMILES string of the molecule is Cc1cc([C@H]2CCCCN2C(=O)C2CCOCC2)nc(-c2c(C)noc2C)n1. The third-order valence-electron chi connectivity index (χ3n) is 5.83. The fraction of sp³-hybridized carbons (Fsp3) is 0.619. The number of piperidine rings is 1. The molecule has 0 saturated carbocycles. The lowest BCUT2D eigenvalue weighted by atomic mass is 9.93. The van der Waals surface area contributed by atoms with E-state index >= 15 is 0 Å². The van der Waals surface area contributed by atoms with Crippen LogP contribution in [-0.2, 0) is 9.53 Å². The average Bonchev–Trinajstić information content (AvgIpc) is 3.06. The molecule has 4 heterocycles. The van der Waals surface area contributed by atoms with Crippen molar-refractivity contribution in [1.82, 2.24) is 20.0 Å². The molecule has 0 N–H and O–H groups in total. The molecule has 2 saturated heterocycles. The van der Waals surface area contributed by atoms with Gasteiger partial charge in [-0.05, 0) is 58.9 Å². The van der Waals surface area contributed by atoms with Gasteiger partial charge < -0.3 is 14.2 Å². The number of hydrogen-bond donors (Lipinski definition) is 0. The number of hydrogen-bond acceptors (Lipinski definition) is 6. The van der Waals surface area contributed by atoms with Crippen molar-refractivity contribution < 1.29 is 14.1 Å².